The molecule has 0 atom stereocenters. The van der Waals surface area contributed by atoms with E-state index in [1.165, 1.54) is 63.4 Å². The minimum absolute atomic E-state index is 1.07. The number of aryl methyl sites for hydroxylation is 1. The highest BCUT2D eigenvalue weighted by molar-refractivity contribution is 5.37. The van der Waals surface area contributed by atoms with Crippen LogP contribution in [0.15, 0.2) is 18.2 Å². The van der Waals surface area contributed by atoms with Crippen molar-refractivity contribution >= 4 is 0 Å². The molecule has 1 aliphatic heterocycles. The Morgan fingerprint density at radius 1 is 1.00 bits per heavy atom. The molecule has 0 radical (unpaired) electrons. The molecule has 2 rings (SSSR count). The van der Waals surface area contributed by atoms with Crippen LogP contribution in [0.2, 0.25) is 0 Å². The van der Waals surface area contributed by atoms with Crippen LogP contribution >= 0.6 is 0 Å². The summed E-state index contributed by atoms with van der Waals surface area (Å²) in [6, 6.07) is 6.87. The Morgan fingerprint density at radius 2 is 1.79 bits per heavy atom. The third-order valence-corrected chi connectivity index (χ3v) is 4.29. The SMILES string of the molecule is CCCCCCCCCc1cccc2c1CCNC2. The van der Waals surface area contributed by atoms with Crippen molar-refractivity contribution in [3.05, 3.63) is 34.9 Å². The summed E-state index contributed by atoms with van der Waals surface area (Å²) in [7, 11) is 0. The fourth-order valence-corrected chi connectivity index (χ4v) is 3.12. The van der Waals surface area contributed by atoms with Crippen LogP contribution < -0.4 is 5.32 Å². The number of nitrogens with one attached hydrogen (secondary N) is 1. The molecule has 0 spiro atoms. The maximum absolute atomic E-state index is 3.46. The van der Waals surface area contributed by atoms with Gasteiger partial charge in [0.25, 0.3) is 0 Å². The topological polar surface area (TPSA) is 12.0 Å². The molecule has 1 N–H and O–H groups in total. The molecule has 0 fully saturated rings. The Hall–Kier alpha value is -0.820. The summed E-state index contributed by atoms with van der Waals surface area (Å²) in [6.07, 6.45) is 12.4. The van der Waals surface area contributed by atoms with Gasteiger partial charge in [-0.05, 0) is 42.5 Å². The molecular weight excluding hydrogens is 230 g/mol. The Bertz CT molecular complexity index is 370. The second-order valence-electron chi connectivity index (χ2n) is 5.85. The molecule has 1 nitrogen and oxygen atoms in total. The number of benzene rings is 1. The zero-order valence-electron chi connectivity index (χ0n) is 12.5. The van der Waals surface area contributed by atoms with E-state index in [2.05, 4.69) is 30.4 Å². The first-order valence-corrected chi connectivity index (χ1v) is 8.22. The van der Waals surface area contributed by atoms with Gasteiger partial charge in [-0.15, -0.1) is 0 Å². The fraction of sp³-hybridized carbons (Fsp3) is 0.667. The van der Waals surface area contributed by atoms with Crippen LogP contribution in [0.5, 0.6) is 0 Å². The van der Waals surface area contributed by atoms with Crippen molar-refractivity contribution in [1.29, 1.82) is 0 Å². The van der Waals surface area contributed by atoms with Crippen LogP contribution in [0.1, 0.15) is 68.6 Å². The van der Waals surface area contributed by atoms with Crippen molar-refractivity contribution in [2.75, 3.05) is 6.54 Å². The van der Waals surface area contributed by atoms with E-state index >= 15 is 0 Å². The Balaban J connectivity index is 1.71. The van der Waals surface area contributed by atoms with E-state index in [0.717, 1.165) is 13.1 Å². The van der Waals surface area contributed by atoms with Gasteiger partial charge in [-0.2, -0.15) is 0 Å². The highest BCUT2D eigenvalue weighted by Crippen LogP contribution is 2.21. The van der Waals surface area contributed by atoms with Crippen molar-refractivity contribution in [2.45, 2.75) is 71.3 Å². The summed E-state index contributed by atoms with van der Waals surface area (Å²) < 4.78 is 0. The Morgan fingerprint density at radius 3 is 2.63 bits per heavy atom. The van der Waals surface area contributed by atoms with Gasteiger partial charge in [0.2, 0.25) is 0 Å². The molecule has 0 aliphatic carbocycles. The lowest BCUT2D eigenvalue weighted by atomic mass is 9.92. The molecule has 0 unspecified atom stereocenters. The summed E-state index contributed by atoms with van der Waals surface area (Å²) in [6.45, 7) is 4.51. The van der Waals surface area contributed by atoms with Gasteiger partial charge in [-0.3, -0.25) is 0 Å². The largest absolute Gasteiger partial charge is 0.312 e. The van der Waals surface area contributed by atoms with Gasteiger partial charge < -0.3 is 5.32 Å². The zero-order chi connectivity index (χ0) is 13.3. The van der Waals surface area contributed by atoms with E-state index in [4.69, 9.17) is 0 Å². The number of hydrogen-bond acceptors (Lipinski definition) is 1. The molecule has 0 saturated carbocycles. The third-order valence-electron chi connectivity index (χ3n) is 4.29. The summed E-state index contributed by atoms with van der Waals surface area (Å²) >= 11 is 0. The molecule has 0 saturated heterocycles. The van der Waals surface area contributed by atoms with Gasteiger partial charge in [-0.25, -0.2) is 0 Å². The third kappa shape index (κ3) is 4.65. The molecule has 1 heteroatoms. The Kier molecular flexibility index (Phi) is 6.43. The van der Waals surface area contributed by atoms with Crippen LogP contribution in [0, 0.1) is 0 Å². The number of rotatable bonds is 8. The lowest BCUT2D eigenvalue weighted by molar-refractivity contribution is 0.585. The molecule has 106 valence electrons. The quantitative estimate of drug-likeness (QED) is 0.671. The average molecular weight is 259 g/mol. The van der Waals surface area contributed by atoms with Gasteiger partial charge in [0.05, 0.1) is 0 Å². The fourth-order valence-electron chi connectivity index (χ4n) is 3.12. The predicted molar refractivity (Wildman–Crippen MR) is 83.5 cm³/mol. The summed E-state index contributed by atoms with van der Waals surface area (Å²) in [5.74, 6) is 0. The van der Waals surface area contributed by atoms with E-state index in [1.807, 2.05) is 0 Å². The lowest BCUT2D eigenvalue weighted by Gasteiger charge is -2.20. The molecular formula is C18H29N. The lowest BCUT2D eigenvalue weighted by Crippen LogP contribution is -2.24. The van der Waals surface area contributed by atoms with Crippen LogP contribution in [0.25, 0.3) is 0 Å². The molecule has 1 aromatic rings. The molecule has 1 aromatic carbocycles. The minimum atomic E-state index is 1.07. The van der Waals surface area contributed by atoms with E-state index < -0.39 is 0 Å². The summed E-state index contributed by atoms with van der Waals surface area (Å²) in [5.41, 5.74) is 4.80. The van der Waals surface area contributed by atoms with E-state index in [9.17, 15) is 0 Å². The van der Waals surface area contributed by atoms with Crippen LogP contribution in [-0.4, -0.2) is 6.54 Å². The minimum Gasteiger partial charge on any atom is -0.312 e. The van der Waals surface area contributed by atoms with Crippen molar-refractivity contribution < 1.29 is 0 Å². The maximum atomic E-state index is 3.46. The van der Waals surface area contributed by atoms with E-state index in [-0.39, 0.29) is 0 Å². The Labute approximate surface area is 118 Å². The number of hydrogen-bond donors (Lipinski definition) is 1. The maximum Gasteiger partial charge on any atom is 0.0208 e. The monoisotopic (exact) mass is 259 g/mol. The first-order chi connectivity index (χ1) is 9.42. The van der Waals surface area contributed by atoms with Crippen molar-refractivity contribution in [2.24, 2.45) is 0 Å². The van der Waals surface area contributed by atoms with Crippen LogP contribution in [0.3, 0.4) is 0 Å². The average Bonchev–Trinajstić information content (AvgIpc) is 2.46. The number of fused-ring (bicyclic) bond motifs is 1. The van der Waals surface area contributed by atoms with Gasteiger partial charge in [-0.1, -0.05) is 63.6 Å². The van der Waals surface area contributed by atoms with Crippen LogP contribution in [-0.2, 0) is 19.4 Å². The van der Waals surface area contributed by atoms with E-state index in [1.54, 1.807) is 11.1 Å². The summed E-state index contributed by atoms with van der Waals surface area (Å²) in [4.78, 5) is 0. The first kappa shape index (κ1) is 14.6. The molecule has 1 aliphatic rings. The first-order valence-electron chi connectivity index (χ1n) is 8.22. The predicted octanol–water partition coefficient (Wildman–Crippen LogP) is 4.63. The standard InChI is InChI=1S/C18H29N/c1-2-3-4-5-6-7-8-10-16-11-9-12-17-15-19-14-13-18(16)17/h9,11-12,19H,2-8,10,13-15H2,1H3. The zero-order valence-corrected chi connectivity index (χ0v) is 12.5. The van der Waals surface area contributed by atoms with Gasteiger partial charge >= 0.3 is 0 Å². The van der Waals surface area contributed by atoms with Crippen molar-refractivity contribution in [3.63, 3.8) is 0 Å². The number of unbranched alkanes of at least 4 members (excludes halogenated alkanes) is 6. The van der Waals surface area contributed by atoms with Gasteiger partial charge in [0.1, 0.15) is 0 Å². The van der Waals surface area contributed by atoms with Crippen molar-refractivity contribution in [1.82, 2.24) is 5.32 Å². The van der Waals surface area contributed by atoms with Crippen molar-refractivity contribution in [3.8, 4) is 0 Å². The van der Waals surface area contributed by atoms with Crippen LogP contribution in [0.4, 0.5) is 0 Å². The normalized spacial score (nSPS) is 14.4. The molecule has 1 heterocycles. The highest BCUT2D eigenvalue weighted by atomic mass is 14.9. The second kappa shape index (κ2) is 8.37. The molecule has 0 aromatic heterocycles. The van der Waals surface area contributed by atoms with Gasteiger partial charge in [0.15, 0.2) is 0 Å². The van der Waals surface area contributed by atoms with Gasteiger partial charge in [0, 0.05) is 6.54 Å². The molecule has 0 bridgehead atoms. The summed E-state index contributed by atoms with van der Waals surface area (Å²) in [5, 5.41) is 3.46. The molecule has 0 amide bonds. The van der Waals surface area contributed by atoms with E-state index in [0.29, 0.717) is 0 Å². The molecule has 19 heavy (non-hydrogen) atoms. The highest BCUT2D eigenvalue weighted by Gasteiger charge is 2.11. The second-order valence-corrected chi connectivity index (χ2v) is 5.85. The smallest absolute Gasteiger partial charge is 0.0208 e.